The van der Waals surface area contributed by atoms with E-state index >= 15 is 0 Å². The topological polar surface area (TPSA) is 55.8 Å². The van der Waals surface area contributed by atoms with Gasteiger partial charge in [-0.05, 0) is 38.4 Å². The molecule has 21 heavy (non-hydrogen) atoms. The second-order valence-electron chi connectivity index (χ2n) is 5.41. The lowest BCUT2D eigenvalue weighted by atomic mass is 10.1. The zero-order valence-corrected chi connectivity index (χ0v) is 13.2. The van der Waals surface area contributed by atoms with E-state index in [0.717, 1.165) is 26.0 Å². The smallest absolute Gasteiger partial charge is 0.310 e. The van der Waals surface area contributed by atoms with Gasteiger partial charge in [0.25, 0.3) is 0 Å². The molecule has 1 aromatic rings. The summed E-state index contributed by atoms with van der Waals surface area (Å²) in [4.78, 5) is 1.99. The van der Waals surface area contributed by atoms with Gasteiger partial charge in [0, 0.05) is 19.7 Å². The summed E-state index contributed by atoms with van der Waals surface area (Å²) in [5, 5.41) is 0. The molecule has 1 aromatic carbocycles. The Morgan fingerprint density at radius 2 is 2.05 bits per heavy atom. The van der Waals surface area contributed by atoms with Gasteiger partial charge in [-0.25, -0.2) is 0 Å². The third-order valence-corrected chi connectivity index (χ3v) is 4.61. The zero-order valence-electron chi connectivity index (χ0n) is 12.4. The van der Waals surface area contributed by atoms with E-state index in [2.05, 4.69) is 0 Å². The van der Waals surface area contributed by atoms with E-state index in [1.165, 1.54) is 6.42 Å². The van der Waals surface area contributed by atoms with Gasteiger partial charge in [0.15, 0.2) is 0 Å². The maximum Gasteiger partial charge on any atom is 0.310 e. The van der Waals surface area contributed by atoms with Crippen LogP contribution < -0.4 is 4.18 Å². The number of hydrogen-bond acceptors (Lipinski definition) is 5. The third kappa shape index (κ3) is 6.03. The van der Waals surface area contributed by atoms with Crippen molar-refractivity contribution in [2.45, 2.75) is 25.4 Å². The maximum atomic E-state index is 11.9. The Morgan fingerprint density at radius 1 is 1.29 bits per heavy atom. The highest BCUT2D eigenvalue weighted by atomic mass is 32.2. The molecule has 0 radical (unpaired) electrons. The monoisotopic (exact) mass is 313 g/mol. The van der Waals surface area contributed by atoms with Crippen LogP contribution in [0.15, 0.2) is 30.3 Å². The van der Waals surface area contributed by atoms with E-state index < -0.39 is 10.1 Å². The van der Waals surface area contributed by atoms with Gasteiger partial charge in [0.1, 0.15) is 5.75 Å². The number of nitrogens with zero attached hydrogens (tertiary/aromatic N) is 1. The molecule has 118 valence electrons. The first-order valence-electron chi connectivity index (χ1n) is 7.32. The summed E-state index contributed by atoms with van der Waals surface area (Å²) in [7, 11) is -1.64. The lowest BCUT2D eigenvalue weighted by molar-refractivity contribution is -0.000608. The summed E-state index contributed by atoms with van der Waals surface area (Å²) >= 11 is 0. The highest BCUT2D eigenvalue weighted by Gasteiger charge is 2.18. The SMILES string of the molecule is CN(CCS(=O)(=O)Oc1ccccc1)CC1CCCCO1. The Bertz CT molecular complexity index is 512. The maximum absolute atomic E-state index is 11.9. The molecule has 6 heteroatoms. The molecule has 1 saturated heterocycles. The minimum Gasteiger partial charge on any atom is -0.382 e. The Hall–Kier alpha value is -1.11. The van der Waals surface area contributed by atoms with Gasteiger partial charge in [-0.2, -0.15) is 8.42 Å². The average Bonchev–Trinajstić information content (AvgIpc) is 2.47. The Kier molecular flexibility index (Phi) is 6.02. The van der Waals surface area contributed by atoms with E-state index in [-0.39, 0.29) is 11.9 Å². The molecular weight excluding hydrogens is 290 g/mol. The molecule has 0 saturated carbocycles. The lowest BCUT2D eigenvalue weighted by Crippen LogP contribution is -2.36. The number of para-hydroxylation sites is 1. The molecule has 0 aliphatic carbocycles. The normalized spacial score (nSPS) is 19.6. The van der Waals surface area contributed by atoms with Crippen LogP contribution >= 0.6 is 0 Å². The first-order chi connectivity index (χ1) is 10.1. The van der Waals surface area contributed by atoms with Gasteiger partial charge in [0.2, 0.25) is 0 Å². The van der Waals surface area contributed by atoms with Crippen LogP contribution in [0.4, 0.5) is 0 Å². The minimum atomic E-state index is -3.55. The molecule has 0 bridgehead atoms. The summed E-state index contributed by atoms with van der Waals surface area (Å²) in [5.74, 6) is 0.334. The summed E-state index contributed by atoms with van der Waals surface area (Å²) in [6.45, 7) is 2.02. The largest absolute Gasteiger partial charge is 0.382 e. The number of hydrogen-bond donors (Lipinski definition) is 0. The summed E-state index contributed by atoms with van der Waals surface area (Å²) < 4.78 is 34.5. The van der Waals surface area contributed by atoms with Crippen molar-refractivity contribution in [1.29, 1.82) is 0 Å². The molecule has 1 unspecified atom stereocenters. The highest BCUT2D eigenvalue weighted by molar-refractivity contribution is 7.87. The van der Waals surface area contributed by atoms with Crippen molar-refractivity contribution in [3.05, 3.63) is 30.3 Å². The Morgan fingerprint density at radius 3 is 2.71 bits per heavy atom. The third-order valence-electron chi connectivity index (χ3n) is 3.48. The van der Waals surface area contributed by atoms with Gasteiger partial charge in [0.05, 0.1) is 11.9 Å². The van der Waals surface area contributed by atoms with Crippen molar-refractivity contribution in [3.63, 3.8) is 0 Å². The summed E-state index contributed by atoms with van der Waals surface area (Å²) in [6, 6.07) is 8.58. The van der Waals surface area contributed by atoms with Crippen molar-refractivity contribution in [3.8, 4) is 5.75 Å². The second-order valence-corrected chi connectivity index (χ2v) is 7.10. The van der Waals surface area contributed by atoms with Crippen molar-refractivity contribution < 1.29 is 17.3 Å². The van der Waals surface area contributed by atoms with E-state index in [1.54, 1.807) is 24.3 Å². The molecule has 2 rings (SSSR count). The minimum absolute atomic E-state index is 0.0227. The van der Waals surface area contributed by atoms with Crippen molar-refractivity contribution in [1.82, 2.24) is 4.90 Å². The quantitative estimate of drug-likeness (QED) is 0.720. The molecule has 1 atom stereocenters. The van der Waals surface area contributed by atoms with Gasteiger partial charge >= 0.3 is 10.1 Å². The Balaban J connectivity index is 1.75. The predicted molar refractivity (Wildman–Crippen MR) is 81.9 cm³/mol. The van der Waals surface area contributed by atoms with Crippen molar-refractivity contribution in [2.75, 3.05) is 32.5 Å². The van der Waals surface area contributed by atoms with E-state index in [9.17, 15) is 8.42 Å². The average molecular weight is 313 g/mol. The lowest BCUT2D eigenvalue weighted by Gasteiger charge is -2.27. The Labute approximate surface area is 127 Å². The van der Waals surface area contributed by atoms with Crippen molar-refractivity contribution >= 4 is 10.1 Å². The molecule has 1 heterocycles. The molecule has 0 spiro atoms. The summed E-state index contributed by atoms with van der Waals surface area (Å²) in [5.41, 5.74) is 0. The fraction of sp³-hybridized carbons (Fsp3) is 0.600. The number of benzene rings is 1. The van der Waals surface area contributed by atoms with Crippen LogP contribution in [0.25, 0.3) is 0 Å². The van der Waals surface area contributed by atoms with E-state index in [0.29, 0.717) is 12.3 Å². The molecule has 0 N–H and O–H groups in total. The van der Waals surface area contributed by atoms with Crippen LogP contribution in [0.5, 0.6) is 5.75 Å². The van der Waals surface area contributed by atoms with Crippen LogP contribution in [-0.2, 0) is 14.9 Å². The zero-order chi connectivity index (χ0) is 15.1. The fourth-order valence-corrected chi connectivity index (χ4v) is 3.35. The molecule has 5 nitrogen and oxygen atoms in total. The van der Waals surface area contributed by atoms with E-state index in [4.69, 9.17) is 8.92 Å². The van der Waals surface area contributed by atoms with Crippen molar-refractivity contribution in [2.24, 2.45) is 0 Å². The van der Waals surface area contributed by atoms with Gasteiger partial charge in [-0.15, -0.1) is 0 Å². The molecule has 0 aromatic heterocycles. The first-order valence-corrected chi connectivity index (χ1v) is 8.90. The summed E-state index contributed by atoms with van der Waals surface area (Å²) in [6.07, 6.45) is 3.59. The number of rotatable bonds is 7. The van der Waals surface area contributed by atoms with Crippen LogP contribution in [0.2, 0.25) is 0 Å². The van der Waals surface area contributed by atoms with Crippen LogP contribution in [0, 0.1) is 0 Å². The predicted octanol–water partition coefficient (Wildman–Crippen LogP) is 1.90. The first kappa shape index (κ1) is 16.3. The standard InChI is InChI=1S/C15H23NO4S/c1-16(13-15-9-5-6-11-19-15)10-12-21(17,18)20-14-7-3-2-4-8-14/h2-4,7-8,15H,5-6,9-13H2,1H3. The number of likely N-dealkylation sites (N-methyl/N-ethyl adjacent to an activating group) is 1. The van der Waals surface area contributed by atoms with E-state index in [1.807, 2.05) is 18.0 Å². The van der Waals surface area contributed by atoms with Crippen LogP contribution in [-0.4, -0.2) is 51.9 Å². The number of ether oxygens (including phenoxy) is 1. The molecule has 0 amide bonds. The van der Waals surface area contributed by atoms with Gasteiger partial charge in [-0.3, -0.25) is 0 Å². The van der Waals surface area contributed by atoms with Gasteiger partial charge in [-0.1, -0.05) is 18.2 Å². The molecular formula is C15H23NO4S. The molecule has 1 aliphatic rings. The van der Waals surface area contributed by atoms with Crippen LogP contribution in [0.1, 0.15) is 19.3 Å². The fourth-order valence-electron chi connectivity index (χ4n) is 2.32. The molecule has 1 aliphatic heterocycles. The van der Waals surface area contributed by atoms with Gasteiger partial charge < -0.3 is 13.8 Å². The molecule has 1 fully saturated rings. The highest BCUT2D eigenvalue weighted by Crippen LogP contribution is 2.14. The van der Waals surface area contributed by atoms with Crippen LogP contribution in [0.3, 0.4) is 0 Å². The second kappa shape index (κ2) is 7.77.